The van der Waals surface area contributed by atoms with Gasteiger partial charge in [-0.3, -0.25) is 4.90 Å². The lowest BCUT2D eigenvalue weighted by Crippen LogP contribution is -2.37. The molecule has 0 bridgehead atoms. The normalized spacial score (nSPS) is 21.1. The van der Waals surface area contributed by atoms with Crippen LogP contribution in [0.4, 0.5) is 0 Å². The standard InChI is InChI=1S/C15H22BrNO2/c1-19-15-7-6-13(16)9-12(15)10-17-8-4-2-3-5-14(17)11-18/h6-7,9,14,18H,2-5,8,10-11H2,1H3. The molecule has 1 aliphatic heterocycles. The fourth-order valence-corrected chi connectivity index (χ4v) is 3.15. The van der Waals surface area contributed by atoms with E-state index in [0.29, 0.717) is 0 Å². The molecule has 1 unspecified atom stereocenters. The first kappa shape index (κ1) is 14.8. The maximum absolute atomic E-state index is 9.56. The highest BCUT2D eigenvalue weighted by Crippen LogP contribution is 2.26. The number of hydrogen-bond acceptors (Lipinski definition) is 3. The van der Waals surface area contributed by atoms with Gasteiger partial charge >= 0.3 is 0 Å². The van der Waals surface area contributed by atoms with Crippen molar-refractivity contribution in [1.29, 1.82) is 0 Å². The van der Waals surface area contributed by atoms with E-state index in [9.17, 15) is 5.11 Å². The fraction of sp³-hybridized carbons (Fsp3) is 0.600. The zero-order chi connectivity index (χ0) is 13.7. The summed E-state index contributed by atoms with van der Waals surface area (Å²) in [4.78, 5) is 2.39. The number of ether oxygens (including phenoxy) is 1. The van der Waals surface area contributed by atoms with Crippen molar-refractivity contribution in [2.45, 2.75) is 38.3 Å². The van der Waals surface area contributed by atoms with E-state index in [0.717, 1.165) is 29.7 Å². The van der Waals surface area contributed by atoms with E-state index in [4.69, 9.17) is 4.74 Å². The van der Waals surface area contributed by atoms with Crippen LogP contribution in [0.3, 0.4) is 0 Å². The molecule has 1 heterocycles. The Morgan fingerprint density at radius 2 is 2.21 bits per heavy atom. The maximum atomic E-state index is 9.56. The molecule has 0 spiro atoms. The summed E-state index contributed by atoms with van der Waals surface area (Å²) in [6.07, 6.45) is 4.79. The van der Waals surface area contributed by atoms with Crippen LogP contribution in [0.5, 0.6) is 5.75 Å². The zero-order valence-electron chi connectivity index (χ0n) is 11.4. The van der Waals surface area contributed by atoms with Gasteiger partial charge in [-0.25, -0.2) is 0 Å². The molecule has 0 saturated carbocycles. The number of aliphatic hydroxyl groups excluding tert-OH is 1. The van der Waals surface area contributed by atoms with Gasteiger partial charge in [-0.15, -0.1) is 0 Å². The summed E-state index contributed by atoms with van der Waals surface area (Å²) < 4.78 is 6.50. The molecule has 2 rings (SSSR count). The van der Waals surface area contributed by atoms with Gasteiger partial charge in [0.15, 0.2) is 0 Å². The Labute approximate surface area is 123 Å². The van der Waals surface area contributed by atoms with Crippen LogP contribution in [-0.4, -0.2) is 36.3 Å². The Bertz CT molecular complexity index is 411. The summed E-state index contributed by atoms with van der Waals surface area (Å²) in [6.45, 7) is 2.14. The van der Waals surface area contributed by atoms with Crippen LogP contribution < -0.4 is 4.74 Å². The molecule has 0 aliphatic carbocycles. The van der Waals surface area contributed by atoms with Gasteiger partial charge in [-0.2, -0.15) is 0 Å². The predicted molar refractivity (Wildman–Crippen MR) is 80.4 cm³/mol. The molecule has 4 heteroatoms. The third-order valence-corrected chi connectivity index (χ3v) is 4.32. The third kappa shape index (κ3) is 3.94. The molecule has 1 aromatic carbocycles. The van der Waals surface area contributed by atoms with Crippen molar-refractivity contribution >= 4 is 15.9 Å². The minimum absolute atomic E-state index is 0.246. The Morgan fingerprint density at radius 1 is 1.37 bits per heavy atom. The molecule has 1 N–H and O–H groups in total. The van der Waals surface area contributed by atoms with Crippen LogP contribution in [0.1, 0.15) is 31.2 Å². The topological polar surface area (TPSA) is 32.7 Å². The van der Waals surface area contributed by atoms with Gasteiger partial charge in [0.25, 0.3) is 0 Å². The first-order chi connectivity index (χ1) is 9.24. The molecule has 1 saturated heterocycles. The number of likely N-dealkylation sites (tertiary alicyclic amines) is 1. The van der Waals surface area contributed by atoms with Crippen LogP contribution in [0.15, 0.2) is 22.7 Å². The molecule has 106 valence electrons. The molecular weight excluding hydrogens is 306 g/mol. The van der Waals surface area contributed by atoms with Crippen molar-refractivity contribution in [2.75, 3.05) is 20.3 Å². The van der Waals surface area contributed by atoms with Crippen molar-refractivity contribution in [1.82, 2.24) is 4.90 Å². The second-order valence-corrected chi connectivity index (χ2v) is 6.03. The van der Waals surface area contributed by atoms with Crippen LogP contribution in [0.25, 0.3) is 0 Å². The maximum Gasteiger partial charge on any atom is 0.123 e. The van der Waals surface area contributed by atoms with Gasteiger partial charge in [0.05, 0.1) is 13.7 Å². The molecule has 0 aromatic heterocycles. The smallest absolute Gasteiger partial charge is 0.123 e. The summed E-state index contributed by atoms with van der Waals surface area (Å²) >= 11 is 3.51. The molecule has 0 amide bonds. The number of rotatable bonds is 4. The van der Waals surface area contributed by atoms with E-state index in [1.807, 2.05) is 12.1 Å². The largest absolute Gasteiger partial charge is 0.496 e. The van der Waals surface area contributed by atoms with Crippen molar-refractivity contribution in [3.8, 4) is 5.75 Å². The zero-order valence-corrected chi connectivity index (χ0v) is 13.0. The summed E-state index contributed by atoms with van der Waals surface area (Å²) in [5, 5.41) is 9.56. The molecule has 1 aromatic rings. The van der Waals surface area contributed by atoms with Gasteiger partial charge in [-0.05, 0) is 37.6 Å². The second kappa shape index (κ2) is 7.27. The average Bonchev–Trinajstić information content (AvgIpc) is 2.64. The van der Waals surface area contributed by atoms with Crippen LogP contribution in [-0.2, 0) is 6.54 Å². The quantitative estimate of drug-likeness (QED) is 0.921. The van der Waals surface area contributed by atoms with E-state index in [1.54, 1.807) is 7.11 Å². The monoisotopic (exact) mass is 327 g/mol. The first-order valence-corrected chi connectivity index (χ1v) is 7.71. The van der Waals surface area contributed by atoms with Crippen LogP contribution >= 0.6 is 15.9 Å². The molecule has 0 radical (unpaired) electrons. The van der Waals surface area contributed by atoms with Crippen LogP contribution in [0.2, 0.25) is 0 Å². The summed E-state index contributed by atoms with van der Waals surface area (Å²) in [5.41, 5.74) is 1.18. The number of benzene rings is 1. The summed E-state index contributed by atoms with van der Waals surface area (Å²) in [7, 11) is 1.71. The van der Waals surface area contributed by atoms with E-state index in [2.05, 4.69) is 26.9 Å². The Morgan fingerprint density at radius 3 is 2.95 bits per heavy atom. The van der Waals surface area contributed by atoms with Gasteiger partial charge in [0, 0.05) is 22.6 Å². The lowest BCUT2D eigenvalue weighted by molar-refractivity contribution is 0.117. The minimum Gasteiger partial charge on any atom is -0.496 e. The summed E-state index contributed by atoms with van der Waals surface area (Å²) in [6, 6.07) is 6.38. The average molecular weight is 328 g/mol. The highest BCUT2D eigenvalue weighted by atomic mass is 79.9. The van der Waals surface area contributed by atoms with E-state index in [1.165, 1.54) is 24.8 Å². The molecule has 1 fully saturated rings. The molecular formula is C15H22BrNO2. The SMILES string of the molecule is COc1ccc(Br)cc1CN1CCCCCC1CO. The highest BCUT2D eigenvalue weighted by molar-refractivity contribution is 9.10. The van der Waals surface area contributed by atoms with Crippen molar-refractivity contribution in [2.24, 2.45) is 0 Å². The fourth-order valence-electron chi connectivity index (χ4n) is 2.74. The van der Waals surface area contributed by atoms with Crippen molar-refractivity contribution < 1.29 is 9.84 Å². The van der Waals surface area contributed by atoms with Gasteiger partial charge in [0.2, 0.25) is 0 Å². The van der Waals surface area contributed by atoms with E-state index < -0.39 is 0 Å². The van der Waals surface area contributed by atoms with Crippen LogP contribution in [0, 0.1) is 0 Å². The number of methoxy groups -OCH3 is 1. The molecule has 3 nitrogen and oxygen atoms in total. The second-order valence-electron chi connectivity index (χ2n) is 5.11. The number of hydrogen-bond donors (Lipinski definition) is 1. The number of aliphatic hydroxyl groups is 1. The molecule has 1 aliphatic rings. The Balaban J connectivity index is 2.15. The van der Waals surface area contributed by atoms with Crippen molar-refractivity contribution in [3.63, 3.8) is 0 Å². The third-order valence-electron chi connectivity index (χ3n) is 3.83. The molecule has 19 heavy (non-hydrogen) atoms. The van der Waals surface area contributed by atoms with Gasteiger partial charge < -0.3 is 9.84 Å². The lowest BCUT2D eigenvalue weighted by Gasteiger charge is -2.29. The van der Waals surface area contributed by atoms with E-state index in [-0.39, 0.29) is 12.6 Å². The van der Waals surface area contributed by atoms with E-state index >= 15 is 0 Å². The molecule has 1 atom stereocenters. The van der Waals surface area contributed by atoms with Crippen molar-refractivity contribution in [3.05, 3.63) is 28.2 Å². The minimum atomic E-state index is 0.246. The summed E-state index contributed by atoms with van der Waals surface area (Å²) in [5.74, 6) is 0.920. The lowest BCUT2D eigenvalue weighted by atomic mass is 10.1. The highest BCUT2D eigenvalue weighted by Gasteiger charge is 2.21. The number of halogens is 1. The predicted octanol–water partition coefficient (Wildman–Crippen LogP) is 3.19. The Kier molecular flexibility index (Phi) is 5.67. The van der Waals surface area contributed by atoms with Gasteiger partial charge in [0.1, 0.15) is 5.75 Å². The van der Waals surface area contributed by atoms with Gasteiger partial charge in [-0.1, -0.05) is 28.8 Å². The first-order valence-electron chi connectivity index (χ1n) is 6.92. The number of nitrogens with zero attached hydrogens (tertiary/aromatic N) is 1. The Hall–Kier alpha value is -0.580.